The van der Waals surface area contributed by atoms with Crippen LogP contribution in [-0.2, 0) is 0 Å². The molecule has 3 nitrogen and oxygen atoms in total. The fourth-order valence-electron chi connectivity index (χ4n) is 2.67. The molecule has 1 aliphatic rings. The monoisotopic (exact) mass is 291 g/mol. The quantitative estimate of drug-likeness (QED) is 0.898. The van der Waals surface area contributed by atoms with Crippen molar-refractivity contribution >= 4 is 17.3 Å². The topological polar surface area (TPSA) is 39.1 Å². The molecule has 0 radical (unpaired) electrons. The van der Waals surface area contributed by atoms with Crippen LogP contribution in [0.3, 0.4) is 0 Å². The lowest BCUT2D eigenvalue weighted by atomic mass is 9.86. The van der Waals surface area contributed by atoms with Gasteiger partial charge in [0.05, 0.1) is 6.07 Å². The van der Waals surface area contributed by atoms with Crippen LogP contribution in [0.25, 0.3) is 0 Å². The average molecular weight is 292 g/mol. The molecular weight excluding hydrogens is 270 g/mol. The van der Waals surface area contributed by atoms with Gasteiger partial charge in [-0.3, -0.25) is 4.90 Å². The summed E-state index contributed by atoms with van der Waals surface area (Å²) in [4.78, 5) is 2.43. The fraction of sp³-hybridized carbons (Fsp3) is 0.562. The van der Waals surface area contributed by atoms with Gasteiger partial charge in [0.2, 0.25) is 0 Å². The first kappa shape index (κ1) is 15.2. The zero-order chi connectivity index (χ0) is 14.8. The van der Waals surface area contributed by atoms with Crippen molar-refractivity contribution in [2.75, 3.05) is 18.4 Å². The van der Waals surface area contributed by atoms with E-state index in [1.54, 1.807) is 0 Å². The van der Waals surface area contributed by atoms with Crippen molar-refractivity contribution in [3.05, 3.63) is 29.3 Å². The predicted molar refractivity (Wildman–Crippen MR) is 84.0 cm³/mol. The van der Waals surface area contributed by atoms with Gasteiger partial charge in [0, 0.05) is 29.3 Å². The van der Waals surface area contributed by atoms with Crippen molar-refractivity contribution in [1.82, 2.24) is 4.90 Å². The third kappa shape index (κ3) is 3.45. The van der Waals surface area contributed by atoms with Crippen LogP contribution in [0.15, 0.2) is 24.3 Å². The fourth-order valence-corrected chi connectivity index (χ4v) is 2.86. The molecule has 0 saturated carbocycles. The molecule has 0 unspecified atom stereocenters. The van der Waals surface area contributed by atoms with E-state index in [0.717, 1.165) is 31.6 Å². The maximum Gasteiger partial charge on any atom is 0.127 e. The lowest BCUT2D eigenvalue weighted by Crippen LogP contribution is -2.53. The number of piperidine rings is 1. The highest BCUT2D eigenvalue weighted by molar-refractivity contribution is 6.30. The van der Waals surface area contributed by atoms with Gasteiger partial charge in [0.25, 0.3) is 0 Å². The normalized spacial score (nSPS) is 19.4. The highest BCUT2D eigenvalue weighted by Crippen LogP contribution is 2.30. The molecule has 108 valence electrons. The SMILES string of the molecule is CC(C)(C)N1CCC(C#N)(Nc2cccc(Cl)c2)CC1. The first-order valence-electron chi connectivity index (χ1n) is 7.05. The molecule has 1 aromatic rings. The molecule has 1 fully saturated rings. The molecule has 0 aliphatic carbocycles. The number of nitrogens with one attached hydrogen (secondary N) is 1. The molecule has 0 spiro atoms. The van der Waals surface area contributed by atoms with Crippen LogP contribution in [-0.4, -0.2) is 29.1 Å². The number of hydrogen-bond donors (Lipinski definition) is 1. The Morgan fingerprint density at radius 2 is 1.95 bits per heavy atom. The van der Waals surface area contributed by atoms with Crippen LogP contribution in [0.5, 0.6) is 0 Å². The van der Waals surface area contributed by atoms with E-state index < -0.39 is 5.54 Å². The molecular formula is C16H22ClN3. The second kappa shape index (κ2) is 5.63. The third-order valence-corrected chi connectivity index (χ3v) is 4.22. The van der Waals surface area contributed by atoms with Gasteiger partial charge in [-0.05, 0) is 51.8 Å². The number of nitrogens with zero attached hydrogens (tertiary/aromatic N) is 2. The summed E-state index contributed by atoms with van der Waals surface area (Å²) in [5.74, 6) is 0. The van der Waals surface area contributed by atoms with E-state index in [9.17, 15) is 5.26 Å². The van der Waals surface area contributed by atoms with E-state index in [2.05, 4.69) is 37.1 Å². The van der Waals surface area contributed by atoms with Crippen LogP contribution in [0.1, 0.15) is 33.6 Å². The van der Waals surface area contributed by atoms with Crippen molar-refractivity contribution in [3.63, 3.8) is 0 Å². The highest BCUT2D eigenvalue weighted by Gasteiger charge is 2.37. The molecule has 0 atom stereocenters. The molecule has 0 aromatic heterocycles. The zero-order valence-corrected chi connectivity index (χ0v) is 13.2. The summed E-state index contributed by atoms with van der Waals surface area (Å²) < 4.78 is 0. The van der Waals surface area contributed by atoms with Gasteiger partial charge in [-0.2, -0.15) is 5.26 Å². The minimum atomic E-state index is -0.480. The molecule has 1 N–H and O–H groups in total. The van der Waals surface area contributed by atoms with E-state index in [0.29, 0.717) is 5.02 Å². The van der Waals surface area contributed by atoms with Crippen LogP contribution >= 0.6 is 11.6 Å². The average Bonchev–Trinajstić information content (AvgIpc) is 2.38. The standard InChI is InChI=1S/C16H22ClN3/c1-15(2,3)20-9-7-16(12-18,8-10-20)19-14-6-4-5-13(17)11-14/h4-6,11,19H,7-10H2,1-3H3. The smallest absolute Gasteiger partial charge is 0.127 e. The first-order valence-corrected chi connectivity index (χ1v) is 7.43. The number of likely N-dealkylation sites (tertiary alicyclic amines) is 1. The molecule has 1 aliphatic heterocycles. The molecule has 2 rings (SSSR count). The van der Waals surface area contributed by atoms with Crippen LogP contribution < -0.4 is 5.32 Å². The number of rotatable bonds is 2. The van der Waals surface area contributed by atoms with Gasteiger partial charge in [-0.25, -0.2) is 0 Å². The van der Waals surface area contributed by atoms with E-state index >= 15 is 0 Å². The second-order valence-corrected chi connectivity index (χ2v) is 6.92. The maximum absolute atomic E-state index is 9.60. The summed E-state index contributed by atoms with van der Waals surface area (Å²) in [5, 5.41) is 13.7. The highest BCUT2D eigenvalue weighted by atomic mass is 35.5. The summed E-state index contributed by atoms with van der Waals surface area (Å²) in [6.45, 7) is 8.53. The lowest BCUT2D eigenvalue weighted by Gasteiger charge is -2.44. The van der Waals surface area contributed by atoms with Gasteiger partial charge in [-0.1, -0.05) is 17.7 Å². The van der Waals surface area contributed by atoms with E-state index in [1.807, 2.05) is 24.3 Å². The van der Waals surface area contributed by atoms with Crippen LogP contribution in [0.4, 0.5) is 5.69 Å². The van der Waals surface area contributed by atoms with E-state index in [1.165, 1.54) is 0 Å². The molecule has 0 amide bonds. The Hall–Kier alpha value is -1.24. The minimum Gasteiger partial charge on any atom is -0.367 e. The van der Waals surface area contributed by atoms with Crippen LogP contribution in [0, 0.1) is 11.3 Å². The Kier molecular flexibility index (Phi) is 4.27. The van der Waals surface area contributed by atoms with E-state index in [4.69, 9.17) is 11.6 Å². The Bertz CT molecular complexity index is 505. The number of benzene rings is 1. The third-order valence-electron chi connectivity index (χ3n) is 3.99. The molecule has 20 heavy (non-hydrogen) atoms. The number of halogens is 1. The van der Waals surface area contributed by atoms with Crippen molar-refractivity contribution in [2.45, 2.75) is 44.7 Å². The largest absolute Gasteiger partial charge is 0.367 e. The van der Waals surface area contributed by atoms with Crippen LogP contribution in [0.2, 0.25) is 5.02 Å². The van der Waals surface area contributed by atoms with Gasteiger partial charge < -0.3 is 5.32 Å². The van der Waals surface area contributed by atoms with Gasteiger partial charge in [-0.15, -0.1) is 0 Å². The zero-order valence-electron chi connectivity index (χ0n) is 12.4. The van der Waals surface area contributed by atoms with Gasteiger partial charge in [0.1, 0.15) is 5.54 Å². The number of hydrogen-bond acceptors (Lipinski definition) is 3. The Balaban J connectivity index is 2.08. The molecule has 1 heterocycles. The number of anilines is 1. The number of nitriles is 1. The predicted octanol–water partition coefficient (Wildman–Crippen LogP) is 3.91. The lowest BCUT2D eigenvalue weighted by molar-refractivity contribution is 0.0945. The molecule has 4 heteroatoms. The Morgan fingerprint density at radius 1 is 1.30 bits per heavy atom. The Morgan fingerprint density at radius 3 is 2.45 bits per heavy atom. The summed E-state index contributed by atoms with van der Waals surface area (Å²) >= 11 is 6.00. The first-order chi connectivity index (χ1) is 9.35. The van der Waals surface area contributed by atoms with Crippen molar-refractivity contribution in [3.8, 4) is 6.07 Å². The second-order valence-electron chi connectivity index (χ2n) is 6.49. The minimum absolute atomic E-state index is 0.164. The summed E-state index contributed by atoms with van der Waals surface area (Å²) in [6.07, 6.45) is 1.65. The van der Waals surface area contributed by atoms with Gasteiger partial charge >= 0.3 is 0 Å². The van der Waals surface area contributed by atoms with Crippen molar-refractivity contribution in [1.29, 1.82) is 5.26 Å². The summed E-state index contributed by atoms with van der Waals surface area (Å²) in [6, 6.07) is 10.1. The van der Waals surface area contributed by atoms with E-state index in [-0.39, 0.29) is 5.54 Å². The van der Waals surface area contributed by atoms with Crippen molar-refractivity contribution in [2.24, 2.45) is 0 Å². The van der Waals surface area contributed by atoms with Crippen molar-refractivity contribution < 1.29 is 0 Å². The van der Waals surface area contributed by atoms with Gasteiger partial charge in [0.15, 0.2) is 0 Å². The molecule has 0 bridgehead atoms. The summed E-state index contributed by atoms with van der Waals surface area (Å²) in [7, 11) is 0. The maximum atomic E-state index is 9.60. The molecule has 1 saturated heterocycles. The Labute approximate surface area is 126 Å². The molecule has 1 aromatic carbocycles. The summed E-state index contributed by atoms with van der Waals surface area (Å²) in [5.41, 5.74) is 0.604.